The van der Waals surface area contributed by atoms with Crippen LogP contribution in [-0.2, 0) is 23.8 Å². The van der Waals surface area contributed by atoms with Gasteiger partial charge in [0.1, 0.15) is 17.7 Å². The molecule has 186 valence electrons. The number of benzene rings is 1. The first-order valence-electron chi connectivity index (χ1n) is 9.42. The van der Waals surface area contributed by atoms with Crippen molar-refractivity contribution in [3.63, 3.8) is 0 Å². The Morgan fingerprint density at radius 3 is 1.55 bits per heavy atom. The van der Waals surface area contributed by atoms with Gasteiger partial charge in [-0.25, -0.2) is 4.39 Å². The third kappa shape index (κ3) is 4.64. The monoisotopic (exact) mass is 492 g/mol. The van der Waals surface area contributed by atoms with Crippen molar-refractivity contribution in [3.05, 3.63) is 35.6 Å². The molecule has 1 unspecified atom stereocenters. The lowest BCUT2D eigenvalue weighted by molar-refractivity contribution is -0.507. The minimum atomic E-state index is -6.10. The number of esters is 2. The number of carbonyl (C=O) groups excluding carboxylic acids is 2. The molecule has 1 aromatic carbocycles. The van der Waals surface area contributed by atoms with Gasteiger partial charge in [-0.05, 0) is 31.5 Å². The highest BCUT2D eigenvalue weighted by Crippen LogP contribution is 2.59. The summed E-state index contributed by atoms with van der Waals surface area (Å²) >= 11 is 0. The number of alkyl halides is 6. The van der Waals surface area contributed by atoms with E-state index in [4.69, 9.17) is 0 Å². The van der Waals surface area contributed by atoms with E-state index in [1.807, 2.05) is 0 Å². The average Bonchev–Trinajstić information content (AvgIpc) is 2.66. The molecule has 0 bridgehead atoms. The van der Waals surface area contributed by atoms with Gasteiger partial charge in [-0.1, -0.05) is 12.1 Å². The van der Waals surface area contributed by atoms with Gasteiger partial charge in [-0.15, -0.1) is 0 Å². The van der Waals surface area contributed by atoms with E-state index < -0.39 is 78.2 Å². The van der Waals surface area contributed by atoms with Crippen molar-refractivity contribution < 1.29 is 64.7 Å². The largest absolute Gasteiger partial charge is 0.466 e. The number of carbonyl (C=O) groups is 2. The zero-order valence-corrected chi connectivity index (χ0v) is 17.0. The molecule has 1 aliphatic rings. The SMILES string of the molecule is CCOC(=O)[C@@H]1C(c2ccc(F)cc2)[C@H](C(=O)OCC)[C@@](O)(C(F)(F)F)O[C@@]1(O)C(F)(F)F. The maximum absolute atomic E-state index is 13.9. The van der Waals surface area contributed by atoms with Crippen LogP contribution in [0.5, 0.6) is 0 Å². The molecule has 0 radical (unpaired) electrons. The summed E-state index contributed by atoms with van der Waals surface area (Å²) in [5.41, 5.74) is -0.638. The second-order valence-corrected chi connectivity index (χ2v) is 7.03. The summed E-state index contributed by atoms with van der Waals surface area (Å²) in [4.78, 5) is 25.1. The van der Waals surface area contributed by atoms with Crippen molar-refractivity contribution in [1.29, 1.82) is 0 Å². The Labute approximate surface area is 182 Å². The van der Waals surface area contributed by atoms with E-state index in [0.717, 1.165) is 13.8 Å². The Bertz CT molecular complexity index is 823. The molecule has 2 N–H and O–H groups in total. The fraction of sp³-hybridized carbons (Fsp3) is 0.579. The molecule has 1 fully saturated rings. The van der Waals surface area contributed by atoms with Crippen LogP contribution in [0.15, 0.2) is 24.3 Å². The second-order valence-electron chi connectivity index (χ2n) is 7.03. The predicted octanol–water partition coefficient (Wildman–Crippen LogP) is 2.80. The number of hydrogen-bond donors (Lipinski definition) is 2. The third-order valence-corrected chi connectivity index (χ3v) is 5.02. The van der Waals surface area contributed by atoms with Crippen molar-refractivity contribution in [2.45, 2.75) is 43.7 Å². The van der Waals surface area contributed by atoms with Crippen molar-refractivity contribution in [2.24, 2.45) is 11.8 Å². The minimum Gasteiger partial charge on any atom is -0.466 e. The molecule has 1 aliphatic heterocycles. The highest BCUT2D eigenvalue weighted by atomic mass is 19.4. The zero-order chi connectivity index (χ0) is 25.4. The van der Waals surface area contributed by atoms with Crippen LogP contribution in [-0.4, -0.2) is 59.3 Å². The summed E-state index contributed by atoms with van der Waals surface area (Å²) in [5.74, 6) is -23.3. The van der Waals surface area contributed by atoms with Crippen LogP contribution in [0.1, 0.15) is 25.3 Å². The van der Waals surface area contributed by atoms with Gasteiger partial charge in [0.15, 0.2) is 0 Å². The van der Waals surface area contributed by atoms with E-state index in [2.05, 4.69) is 14.2 Å². The number of aliphatic hydroxyl groups is 2. The summed E-state index contributed by atoms with van der Waals surface area (Å²) in [7, 11) is 0. The standard InChI is InChI=1S/C19H19F7O7/c1-3-31-14(27)12-11(9-5-7-10(20)8-6-9)13(15(28)32-4-2)17(30,19(24,25)26)33-16(12,29)18(21,22)23/h5-8,11-13,29-30H,3-4H2,1-2H3/t11?,12-,13+,16+,17-. The summed E-state index contributed by atoms with van der Waals surface area (Å²) in [6.45, 7) is 1.20. The molecule has 0 spiro atoms. The van der Waals surface area contributed by atoms with Gasteiger partial charge in [-0.2, -0.15) is 26.3 Å². The van der Waals surface area contributed by atoms with Gasteiger partial charge in [-0.3, -0.25) is 9.59 Å². The molecule has 0 aliphatic carbocycles. The molecule has 1 heterocycles. The topological polar surface area (TPSA) is 102 Å². The normalized spacial score (nSPS) is 30.6. The van der Waals surface area contributed by atoms with Crippen LogP contribution >= 0.6 is 0 Å². The molecular weight excluding hydrogens is 473 g/mol. The van der Waals surface area contributed by atoms with Gasteiger partial charge in [0.25, 0.3) is 11.6 Å². The molecule has 5 atom stereocenters. The Kier molecular flexibility index (Phi) is 7.36. The molecule has 2 rings (SSSR count). The van der Waals surface area contributed by atoms with E-state index in [1.165, 1.54) is 0 Å². The van der Waals surface area contributed by atoms with Crippen molar-refractivity contribution in [2.75, 3.05) is 13.2 Å². The van der Waals surface area contributed by atoms with Gasteiger partial charge in [0.05, 0.1) is 13.2 Å². The van der Waals surface area contributed by atoms with E-state index in [0.29, 0.717) is 24.3 Å². The molecule has 0 aromatic heterocycles. The molecule has 7 nitrogen and oxygen atoms in total. The van der Waals surface area contributed by atoms with E-state index >= 15 is 0 Å². The molecule has 1 aromatic rings. The van der Waals surface area contributed by atoms with Crippen molar-refractivity contribution in [3.8, 4) is 0 Å². The molecule has 14 heteroatoms. The van der Waals surface area contributed by atoms with Crippen LogP contribution in [0.4, 0.5) is 30.7 Å². The first-order chi connectivity index (χ1) is 15.0. The Morgan fingerprint density at radius 2 is 1.24 bits per heavy atom. The maximum Gasteiger partial charge on any atom is 0.444 e. The van der Waals surface area contributed by atoms with E-state index in [9.17, 15) is 50.5 Å². The summed E-state index contributed by atoms with van der Waals surface area (Å²) in [5, 5.41) is 20.7. The number of halogens is 7. The lowest BCUT2D eigenvalue weighted by Gasteiger charge is -2.53. The first kappa shape index (κ1) is 26.8. The number of rotatable bonds is 5. The van der Waals surface area contributed by atoms with Gasteiger partial charge in [0.2, 0.25) is 0 Å². The summed E-state index contributed by atoms with van der Waals surface area (Å²) in [6, 6.07) is 2.65. The molecule has 0 amide bonds. The highest BCUT2D eigenvalue weighted by molar-refractivity contribution is 5.81. The fourth-order valence-corrected chi connectivity index (χ4v) is 3.66. The van der Waals surface area contributed by atoms with Crippen molar-refractivity contribution in [1.82, 2.24) is 0 Å². The van der Waals surface area contributed by atoms with Gasteiger partial charge >= 0.3 is 24.3 Å². The van der Waals surface area contributed by atoms with Crippen LogP contribution in [0.25, 0.3) is 0 Å². The zero-order valence-electron chi connectivity index (χ0n) is 17.0. The average molecular weight is 492 g/mol. The molecular formula is C19H19F7O7. The van der Waals surface area contributed by atoms with Gasteiger partial charge in [0, 0.05) is 5.92 Å². The van der Waals surface area contributed by atoms with Gasteiger partial charge < -0.3 is 24.4 Å². The molecule has 0 saturated carbocycles. The van der Waals surface area contributed by atoms with E-state index in [1.54, 1.807) is 0 Å². The van der Waals surface area contributed by atoms with Crippen molar-refractivity contribution >= 4 is 11.9 Å². The van der Waals surface area contributed by atoms with Crippen LogP contribution < -0.4 is 0 Å². The Morgan fingerprint density at radius 1 is 0.879 bits per heavy atom. The Balaban J connectivity index is 2.95. The lowest BCUT2D eigenvalue weighted by Crippen LogP contribution is -2.73. The van der Waals surface area contributed by atoms with Crippen LogP contribution in [0.2, 0.25) is 0 Å². The smallest absolute Gasteiger partial charge is 0.444 e. The lowest BCUT2D eigenvalue weighted by atomic mass is 9.67. The summed E-state index contributed by atoms with van der Waals surface area (Å²) < 4.78 is 110. The number of ether oxygens (including phenoxy) is 3. The highest BCUT2D eigenvalue weighted by Gasteiger charge is 2.80. The van der Waals surface area contributed by atoms with E-state index in [-0.39, 0.29) is 0 Å². The Hall–Kier alpha value is -2.45. The maximum atomic E-state index is 13.9. The fourth-order valence-electron chi connectivity index (χ4n) is 3.66. The second kappa shape index (κ2) is 9.06. The quantitative estimate of drug-likeness (QED) is 0.482. The first-order valence-corrected chi connectivity index (χ1v) is 9.42. The molecule has 33 heavy (non-hydrogen) atoms. The summed E-state index contributed by atoms with van der Waals surface area (Å²) in [6.07, 6.45) is -12.2. The molecule has 1 saturated heterocycles. The predicted molar refractivity (Wildman–Crippen MR) is 92.5 cm³/mol. The van der Waals surface area contributed by atoms with Crippen LogP contribution in [0, 0.1) is 17.7 Å². The van der Waals surface area contributed by atoms with Crippen LogP contribution in [0.3, 0.4) is 0 Å². The third-order valence-electron chi connectivity index (χ3n) is 5.02. The minimum absolute atomic E-state index is 0.562. The number of hydrogen-bond acceptors (Lipinski definition) is 7.